The van der Waals surface area contributed by atoms with Gasteiger partial charge in [0.25, 0.3) is 0 Å². The van der Waals surface area contributed by atoms with E-state index in [1.165, 1.54) is 12.1 Å². The van der Waals surface area contributed by atoms with Gasteiger partial charge in [-0.2, -0.15) is 0 Å². The van der Waals surface area contributed by atoms with Crippen LogP contribution in [0.15, 0.2) is 42.5 Å². The zero-order valence-electron chi connectivity index (χ0n) is 12.3. The molecule has 0 atom stereocenters. The lowest BCUT2D eigenvalue weighted by atomic mass is 10.1. The average molecular weight is 320 g/mol. The normalized spacial score (nSPS) is 10.3. The number of nitrogens with one attached hydrogen (secondary N) is 2. The lowest BCUT2D eigenvalue weighted by Gasteiger charge is -2.14. The highest BCUT2D eigenvalue weighted by Gasteiger charge is 2.07. The fraction of sp³-hybridized carbons (Fsp3) is 0.235. The van der Waals surface area contributed by atoms with Crippen LogP contribution in [0.3, 0.4) is 0 Å². The summed E-state index contributed by atoms with van der Waals surface area (Å²) in [5.41, 5.74) is 2.20. The Morgan fingerprint density at radius 3 is 2.50 bits per heavy atom. The fourth-order valence-electron chi connectivity index (χ4n) is 2.09. The first-order valence-corrected chi connectivity index (χ1v) is 7.62. The molecule has 0 unspecified atom stereocenters. The van der Waals surface area contributed by atoms with Gasteiger partial charge in [-0.25, -0.2) is 8.78 Å². The molecule has 0 fully saturated rings. The summed E-state index contributed by atoms with van der Waals surface area (Å²) in [6.45, 7) is 2.14. The number of para-hydroxylation sites is 1. The third kappa shape index (κ3) is 4.49. The van der Waals surface area contributed by atoms with Gasteiger partial charge in [0.05, 0.1) is 5.69 Å². The minimum absolute atomic E-state index is 0.143. The van der Waals surface area contributed by atoms with Crippen LogP contribution >= 0.6 is 12.2 Å². The number of benzene rings is 2. The molecule has 22 heavy (non-hydrogen) atoms. The monoisotopic (exact) mass is 320 g/mol. The Bertz CT molecular complexity index is 659. The Kier molecular flexibility index (Phi) is 5.83. The van der Waals surface area contributed by atoms with Crippen LogP contribution < -0.4 is 10.6 Å². The Labute approximate surface area is 134 Å². The molecule has 0 aliphatic carbocycles. The molecule has 0 aromatic heterocycles. The fourth-order valence-corrected chi connectivity index (χ4v) is 2.31. The van der Waals surface area contributed by atoms with E-state index >= 15 is 0 Å². The van der Waals surface area contributed by atoms with Gasteiger partial charge in [0.2, 0.25) is 0 Å². The number of halogens is 2. The Balaban J connectivity index is 2.06. The molecule has 0 amide bonds. The molecule has 0 aliphatic rings. The van der Waals surface area contributed by atoms with Gasteiger partial charge in [-0.3, -0.25) is 0 Å². The largest absolute Gasteiger partial charge is 0.332 e. The van der Waals surface area contributed by atoms with Crippen molar-refractivity contribution in [3.63, 3.8) is 0 Å². The summed E-state index contributed by atoms with van der Waals surface area (Å²) in [5.74, 6) is -1.30. The number of aryl methyl sites for hydroxylation is 1. The van der Waals surface area contributed by atoms with E-state index in [-0.39, 0.29) is 10.8 Å². The molecular formula is C17H18F2N2S. The molecular weight excluding hydrogens is 302 g/mol. The molecule has 2 aromatic rings. The third-order valence-corrected chi connectivity index (χ3v) is 3.45. The minimum atomic E-state index is -0.677. The highest BCUT2D eigenvalue weighted by Crippen LogP contribution is 2.19. The number of unbranched alkanes of at least 4 members (excludes halogenated alkanes) is 1. The van der Waals surface area contributed by atoms with Crippen LogP contribution in [0.5, 0.6) is 0 Å². The van der Waals surface area contributed by atoms with E-state index in [4.69, 9.17) is 12.2 Å². The van der Waals surface area contributed by atoms with E-state index in [2.05, 4.69) is 17.6 Å². The van der Waals surface area contributed by atoms with E-state index in [0.717, 1.165) is 36.6 Å². The minimum Gasteiger partial charge on any atom is -0.332 e. The van der Waals surface area contributed by atoms with Crippen molar-refractivity contribution in [2.75, 3.05) is 10.6 Å². The maximum absolute atomic E-state index is 13.6. The predicted molar refractivity (Wildman–Crippen MR) is 91.3 cm³/mol. The van der Waals surface area contributed by atoms with Crippen molar-refractivity contribution < 1.29 is 8.78 Å². The molecule has 0 spiro atoms. The number of thiocarbonyl (C=S) groups is 1. The van der Waals surface area contributed by atoms with Gasteiger partial charge < -0.3 is 10.6 Å². The zero-order valence-corrected chi connectivity index (χ0v) is 13.1. The second-order valence-electron chi connectivity index (χ2n) is 4.96. The van der Waals surface area contributed by atoms with Crippen molar-refractivity contribution in [2.45, 2.75) is 26.2 Å². The molecule has 0 saturated heterocycles. The topological polar surface area (TPSA) is 24.1 Å². The summed E-state index contributed by atoms with van der Waals surface area (Å²) in [5, 5.41) is 6.09. The zero-order chi connectivity index (χ0) is 15.9. The maximum atomic E-state index is 13.6. The van der Waals surface area contributed by atoms with Crippen LogP contribution in [0.25, 0.3) is 0 Å². The molecule has 0 radical (unpaired) electrons. The van der Waals surface area contributed by atoms with Crippen molar-refractivity contribution in [1.29, 1.82) is 0 Å². The first kappa shape index (κ1) is 16.4. The lowest BCUT2D eigenvalue weighted by molar-refractivity contribution is 0.586. The van der Waals surface area contributed by atoms with Gasteiger partial charge in [0.1, 0.15) is 11.6 Å². The van der Waals surface area contributed by atoms with Crippen LogP contribution in [0.1, 0.15) is 25.3 Å². The highest BCUT2D eigenvalue weighted by molar-refractivity contribution is 7.80. The van der Waals surface area contributed by atoms with Crippen molar-refractivity contribution in [2.24, 2.45) is 0 Å². The van der Waals surface area contributed by atoms with Crippen LogP contribution in [-0.4, -0.2) is 5.11 Å². The van der Waals surface area contributed by atoms with Crippen molar-refractivity contribution in [1.82, 2.24) is 0 Å². The van der Waals surface area contributed by atoms with Crippen LogP contribution in [0.4, 0.5) is 20.2 Å². The highest BCUT2D eigenvalue weighted by atomic mass is 32.1. The van der Waals surface area contributed by atoms with E-state index < -0.39 is 11.6 Å². The smallest absolute Gasteiger partial charge is 0.175 e. The molecule has 0 heterocycles. The quantitative estimate of drug-likeness (QED) is 0.748. The summed E-state index contributed by atoms with van der Waals surface area (Å²) in [4.78, 5) is 0. The van der Waals surface area contributed by atoms with E-state index in [9.17, 15) is 8.78 Å². The van der Waals surface area contributed by atoms with E-state index in [1.54, 1.807) is 0 Å². The third-order valence-electron chi connectivity index (χ3n) is 3.24. The molecule has 2 N–H and O–H groups in total. The number of hydrogen-bond donors (Lipinski definition) is 2. The van der Waals surface area contributed by atoms with Crippen LogP contribution in [-0.2, 0) is 6.42 Å². The second kappa shape index (κ2) is 7.84. The van der Waals surface area contributed by atoms with Gasteiger partial charge in [-0.15, -0.1) is 0 Å². The number of rotatable bonds is 5. The van der Waals surface area contributed by atoms with E-state index in [1.807, 2.05) is 24.3 Å². The van der Waals surface area contributed by atoms with Crippen LogP contribution in [0.2, 0.25) is 0 Å². The van der Waals surface area contributed by atoms with Gasteiger partial charge in [-0.05, 0) is 48.8 Å². The number of anilines is 2. The molecule has 2 aromatic carbocycles. The molecule has 0 aliphatic heterocycles. The summed E-state index contributed by atoms with van der Waals surface area (Å²) in [6, 6.07) is 11.2. The summed E-state index contributed by atoms with van der Waals surface area (Å²) in [6.07, 6.45) is 3.15. The SMILES string of the molecule is CCCCc1ccccc1NC(=S)Nc1ccc(F)cc1F. The average Bonchev–Trinajstić information content (AvgIpc) is 2.49. The Hall–Kier alpha value is -2.01. The number of hydrogen-bond acceptors (Lipinski definition) is 1. The van der Waals surface area contributed by atoms with Gasteiger partial charge in [0.15, 0.2) is 5.11 Å². The Morgan fingerprint density at radius 2 is 1.77 bits per heavy atom. The predicted octanol–water partition coefficient (Wildman–Crippen LogP) is 5.12. The molecule has 2 nitrogen and oxygen atoms in total. The first-order valence-electron chi connectivity index (χ1n) is 7.21. The summed E-state index contributed by atoms with van der Waals surface area (Å²) in [7, 11) is 0. The van der Waals surface area contributed by atoms with Gasteiger partial charge in [0, 0.05) is 11.8 Å². The van der Waals surface area contributed by atoms with Crippen molar-refractivity contribution in [3.8, 4) is 0 Å². The maximum Gasteiger partial charge on any atom is 0.175 e. The van der Waals surface area contributed by atoms with Crippen molar-refractivity contribution >= 4 is 28.7 Å². The molecule has 116 valence electrons. The lowest BCUT2D eigenvalue weighted by Crippen LogP contribution is -2.20. The first-order chi connectivity index (χ1) is 10.6. The van der Waals surface area contributed by atoms with E-state index in [0.29, 0.717) is 0 Å². The summed E-state index contributed by atoms with van der Waals surface area (Å²) >= 11 is 5.20. The molecule has 2 rings (SSSR count). The van der Waals surface area contributed by atoms with Crippen molar-refractivity contribution in [3.05, 3.63) is 59.7 Å². The van der Waals surface area contributed by atoms with Gasteiger partial charge >= 0.3 is 0 Å². The second-order valence-corrected chi connectivity index (χ2v) is 5.37. The molecule has 0 bridgehead atoms. The van der Waals surface area contributed by atoms with Crippen LogP contribution in [0, 0.1) is 11.6 Å². The van der Waals surface area contributed by atoms with Gasteiger partial charge in [-0.1, -0.05) is 31.5 Å². The Morgan fingerprint density at radius 1 is 1.05 bits per heavy atom. The standard InChI is InChI=1S/C17H18F2N2S/c1-2-3-6-12-7-4-5-8-15(12)20-17(22)21-16-10-9-13(18)11-14(16)19/h4-5,7-11H,2-3,6H2,1H3,(H2,20,21,22). The molecule has 5 heteroatoms. The molecule has 0 saturated carbocycles. The summed E-state index contributed by atoms with van der Waals surface area (Å²) < 4.78 is 26.5.